The minimum absolute atomic E-state index is 0.147. The van der Waals surface area contributed by atoms with Crippen molar-refractivity contribution in [2.75, 3.05) is 33.2 Å². The number of hydrogen-bond acceptors (Lipinski definition) is 5. The fraction of sp³-hybridized carbons (Fsp3) is 0.455. The second kappa shape index (κ2) is 5.64. The van der Waals surface area contributed by atoms with Crippen LogP contribution in [-0.4, -0.2) is 56.1 Å². The van der Waals surface area contributed by atoms with Crippen LogP contribution in [0.25, 0.3) is 0 Å². The van der Waals surface area contributed by atoms with Crippen molar-refractivity contribution in [2.45, 2.75) is 4.90 Å². The van der Waals surface area contributed by atoms with Crippen molar-refractivity contribution in [3.63, 3.8) is 0 Å². The Balaban J connectivity index is 2.00. The van der Waals surface area contributed by atoms with Gasteiger partial charge in [0.25, 0.3) is 10.1 Å². The molecule has 0 unspecified atom stereocenters. The Kier molecular flexibility index (Phi) is 4.13. The minimum atomic E-state index is -4.15. The first-order valence-corrected chi connectivity index (χ1v) is 7.32. The predicted octanol–water partition coefficient (Wildman–Crippen LogP) is 1.18. The summed E-state index contributed by atoms with van der Waals surface area (Å²) in [6, 6.07) is 5.60. The molecular formula is C11H16N4O3S. The Bertz CT molecular complexity index is 548. The first-order chi connectivity index (χ1) is 8.95. The first kappa shape index (κ1) is 13.9. The highest BCUT2D eigenvalue weighted by Gasteiger charge is 2.12. The Hall–Kier alpha value is -1.51. The van der Waals surface area contributed by atoms with Crippen LogP contribution in [0.1, 0.15) is 0 Å². The zero-order valence-corrected chi connectivity index (χ0v) is 11.4. The van der Waals surface area contributed by atoms with Gasteiger partial charge in [-0.2, -0.15) is 8.42 Å². The third kappa shape index (κ3) is 3.98. The Labute approximate surface area is 112 Å². The molecule has 1 heterocycles. The SMILES string of the molecule is CN1CCN(N=Nc2ccc(S(=O)(=O)O)cc2)CC1. The molecule has 1 aromatic rings. The summed E-state index contributed by atoms with van der Waals surface area (Å²) in [5.74, 6) is 0. The quantitative estimate of drug-likeness (QED) is 0.665. The van der Waals surface area contributed by atoms with Gasteiger partial charge >= 0.3 is 0 Å². The van der Waals surface area contributed by atoms with Crippen molar-refractivity contribution in [3.05, 3.63) is 24.3 Å². The third-order valence-electron chi connectivity index (χ3n) is 2.90. The molecule has 1 fully saturated rings. The molecule has 0 amide bonds. The highest BCUT2D eigenvalue weighted by atomic mass is 32.2. The van der Waals surface area contributed by atoms with Gasteiger partial charge in [-0.1, -0.05) is 5.22 Å². The largest absolute Gasteiger partial charge is 0.303 e. The third-order valence-corrected chi connectivity index (χ3v) is 3.77. The van der Waals surface area contributed by atoms with Crippen molar-refractivity contribution in [2.24, 2.45) is 10.3 Å². The number of nitrogens with zero attached hydrogens (tertiary/aromatic N) is 4. The molecule has 1 aliphatic rings. The molecule has 0 saturated carbocycles. The fourth-order valence-corrected chi connectivity index (χ4v) is 2.17. The summed E-state index contributed by atoms with van der Waals surface area (Å²) in [5.41, 5.74) is 0.548. The second-order valence-corrected chi connectivity index (χ2v) is 5.84. The van der Waals surface area contributed by atoms with E-state index in [2.05, 4.69) is 22.3 Å². The van der Waals surface area contributed by atoms with Crippen molar-refractivity contribution in [1.29, 1.82) is 0 Å². The molecule has 19 heavy (non-hydrogen) atoms. The lowest BCUT2D eigenvalue weighted by molar-refractivity contribution is 0.150. The standard InChI is InChI=1S/C11H16N4O3S/c1-14-6-8-15(9-7-14)13-12-10-2-4-11(5-3-10)19(16,17)18/h2-5H,6-9H2,1H3,(H,16,17,18). The average Bonchev–Trinajstić information content (AvgIpc) is 2.37. The van der Waals surface area contributed by atoms with Gasteiger partial charge in [-0.25, -0.2) is 0 Å². The van der Waals surface area contributed by atoms with Gasteiger partial charge in [-0.3, -0.25) is 9.56 Å². The lowest BCUT2D eigenvalue weighted by atomic mass is 10.3. The van der Waals surface area contributed by atoms with E-state index >= 15 is 0 Å². The maximum Gasteiger partial charge on any atom is 0.294 e. The highest BCUT2D eigenvalue weighted by Crippen LogP contribution is 2.17. The Morgan fingerprint density at radius 1 is 1.11 bits per heavy atom. The maximum absolute atomic E-state index is 10.9. The van der Waals surface area contributed by atoms with Crippen LogP contribution in [-0.2, 0) is 10.1 Å². The molecule has 1 saturated heterocycles. The summed E-state index contributed by atoms with van der Waals surface area (Å²) in [6.45, 7) is 3.54. The van der Waals surface area contributed by atoms with Gasteiger partial charge < -0.3 is 4.90 Å². The molecule has 0 radical (unpaired) electrons. The lowest BCUT2D eigenvalue weighted by Gasteiger charge is -2.29. The Morgan fingerprint density at radius 3 is 2.21 bits per heavy atom. The molecule has 0 bridgehead atoms. The number of likely N-dealkylation sites (N-methyl/N-ethyl adjacent to an activating group) is 1. The zero-order chi connectivity index (χ0) is 13.9. The van der Waals surface area contributed by atoms with Crippen LogP contribution >= 0.6 is 0 Å². The van der Waals surface area contributed by atoms with E-state index in [0.717, 1.165) is 26.2 Å². The summed E-state index contributed by atoms with van der Waals surface area (Å²) in [4.78, 5) is 2.07. The van der Waals surface area contributed by atoms with Crippen LogP contribution in [0.2, 0.25) is 0 Å². The maximum atomic E-state index is 10.9. The van der Waals surface area contributed by atoms with E-state index in [1.165, 1.54) is 24.3 Å². The minimum Gasteiger partial charge on any atom is -0.303 e. The van der Waals surface area contributed by atoms with Crippen molar-refractivity contribution < 1.29 is 13.0 Å². The molecule has 1 aliphatic heterocycles. The molecule has 1 N–H and O–H groups in total. The van der Waals surface area contributed by atoms with Crippen LogP contribution in [0, 0.1) is 0 Å². The molecule has 0 aliphatic carbocycles. The summed E-state index contributed by atoms with van der Waals surface area (Å²) in [6.07, 6.45) is 0. The van der Waals surface area contributed by atoms with E-state index in [0.29, 0.717) is 5.69 Å². The van der Waals surface area contributed by atoms with Crippen LogP contribution in [0.3, 0.4) is 0 Å². The lowest BCUT2D eigenvalue weighted by Crippen LogP contribution is -2.41. The molecule has 8 heteroatoms. The molecule has 7 nitrogen and oxygen atoms in total. The van der Waals surface area contributed by atoms with E-state index in [1.54, 1.807) is 0 Å². The number of hydrogen-bond donors (Lipinski definition) is 1. The van der Waals surface area contributed by atoms with Gasteiger partial charge in [0.05, 0.1) is 23.7 Å². The number of benzene rings is 1. The van der Waals surface area contributed by atoms with E-state index in [9.17, 15) is 8.42 Å². The highest BCUT2D eigenvalue weighted by molar-refractivity contribution is 7.85. The van der Waals surface area contributed by atoms with E-state index in [-0.39, 0.29) is 4.90 Å². The Morgan fingerprint density at radius 2 is 1.68 bits per heavy atom. The van der Waals surface area contributed by atoms with Gasteiger partial charge in [0, 0.05) is 13.1 Å². The molecular weight excluding hydrogens is 268 g/mol. The monoisotopic (exact) mass is 284 g/mol. The molecule has 1 aromatic carbocycles. The van der Waals surface area contributed by atoms with Crippen LogP contribution < -0.4 is 0 Å². The summed E-state index contributed by atoms with van der Waals surface area (Å²) in [5, 5.41) is 10.0. The normalized spacial score (nSPS) is 18.1. The van der Waals surface area contributed by atoms with E-state index in [4.69, 9.17) is 4.55 Å². The zero-order valence-electron chi connectivity index (χ0n) is 10.6. The number of rotatable bonds is 3. The van der Waals surface area contributed by atoms with Crippen LogP contribution in [0.15, 0.2) is 39.5 Å². The molecule has 104 valence electrons. The van der Waals surface area contributed by atoms with Crippen molar-refractivity contribution in [3.8, 4) is 0 Å². The predicted molar refractivity (Wildman–Crippen MR) is 69.8 cm³/mol. The van der Waals surface area contributed by atoms with Crippen LogP contribution in [0.4, 0.5) is 5.69 Å². The van der Waals surface area contributed by atoms with Gasteiger partial charge in [0.15, 0.2) is 0 Å². The second-order valence-electron chi connectivity index (χ2n) is 4.42. The van der Waals surface area contributed by atoms with Crippen molar-refractivity contribution >= 4 is 15.8 Å². The molecule has 0 aromatic heterocycles. The van der Waals surface area contributed by atoms with Gasteiger partial charge in [0.1, 0.15) is 0 Å². The summed E-state index contributed by atoms with van der Waals surface area (Å²) in [7, 11) is -2.09. The average molecular weight is 284 g/mol. The topological polar surface area (TPSA) is 85.6 Å². The van der Waals surface area contributed by atoms with E-state index < -0.39 is 10.1 Å². The molecule has 0 atom stereocenters. The van der Waals surface area contributed by atoms with Gasteiger partial charge in [-0.15, -0.1) is 5.11 Å². The molecule has 0 spiro atoms. The van der Waals surface area contributed by atoms with E-state index in [1.807, 2.05) is 5.01 Å². The summed E-state index contributed by atoms with van der Waals surface area (Å²) >= 11 is 0. The van der Waals surface area contributed by atoms with Crippen molar-refractivity contribution in [1.82, 2.24) is 9.91 Å². The first-order valence-electron chi connectivity index (χ1n) is 5.88. The molecule has 2 rings (SSSR count). The number of piperazine rings is 1. The van der Waals surface area contributed by atoms with Crippen LogP contribution in [0.5, 0.6) is 0 Å². The van der Waals surface area contributed by atoms with Gasteiger partial charge in [0.2, 0.25) is 0 Å². The summed E-state index contributed by atoms with van der Waals surface area (Å²) < 4.78 is 30.6. The smallest absolute Gasteiger partial charge is 0.294 e. The van der Waals surface area contributed by atoms with Gasteiger partial charge in [-0.05, 0) is 31.3 Å². The fourth-order valence-electron chi connectivity index (χ4n) is 1.68.